The molecule has 0 unspecified atom stereocenters. The highest BCUT2D eigenvalue weighted by Gasteiger charge is 2.21. The molecule has 64 valence electrons. The number of nitrogens with zero attached hydrogens (tertiary/aromatic N) is 2. The number of hydrogen-bond donors (Lipinski definition) is 1. The zero-order valence-corrected chi connectivity index (χ0v) is 6.38. The summed E-state index contributed by atoms with van der Waals surface area (Å²) in [6, 6.07) is 0. The monoisotopic (exact) mass is 191 g/mol. The fourth-order valence-corrected chi connectivity index (χ4v) is 0.862. The maximum Gasteiger partial charge on any atom is 0.332 e. The highest BCUT2D eigenvalue weighted by molar-refractivity contribution is 6.31. The zero-order valence-electron chi connectivity index (χ0n) is 5.62. The van der Waals surface area contributed by atoms with Gasteiger partial charge in [0.2, 0.25) is 5.15 Å². The van der Waals surface area contributed by atoms with Crippen molar-refractivity contribution in [2.45, 2.75) is 0 Å². The molecule has 0 fully saturated rings. The van der Waals surface area contributed by atoms with Crippen LogP contribution < -0.4 is 5.73 Å². The predicted octanol–water partition coefficient (Wildman–Crippen LogP) is 1.36. The van der Waals surface area contributed by atoms with Crippen molar-refractivity contribution in [3.8, 4) is 0 Å². The fraction of sp³-hybridized carbons (Fsp3) is 0. The number of nitrogens with two attached hydrogens (primary N) is 1. The van der Waals surface area contributed by atoms with Crippen molar-refractivity contribution >= 4 is 23.0 Å². The molecular formula is C5H3ClFN3O2. The van der Waals surface area contributed by atoms with Gasteiger partial charge in [0.15, 0.2) is 11.5 Å². The second-order valence-corrected chi connectivity index (χ2v) is 2.27. The molecule has 0 atom stereocenters. The summed E-state index contributed by atoms with van der Waals surface area (Å²) in [5.41, 5.74) is 3.75. The number of nitrogen functional groups attached to an aromatic ring is 1. The number of halogens is 2. The van der Waals surface area contributed by atoms with E-state index < -0.39 is 27.3 Å². The van der Waals surface area contributed by atoms with Gasteiger partial charge in [-0.2, -0.15) is 0 Å². The summed E-state index contributed by atoms with van der Waals surface area (Å²) in [6.07, 6.45) is 0.727. The molecule has 0 aromatic carbocycles. The van der Waals surface area contributed by atoms with E-state index in [1.165, 1.54) is 0 Å². The van der Waals surface area contributed by atoms with Crippen molar-refractivity contribution in [2.75, 3.05) is 5.73 Å². The van der Waals surface area contributed by atoms with Crippen LogP contribution in [-0.2, 0) is 0 Å². The van der Waals surface area contributed by atoms with Crippen LogP contribution in [-0.4, -0.2) is 9.91 Å². The zero-order chi connectivity index (χ0) is 9.30. The highest BCUT2D eigenvalue weighted by Crippen LogP contribution is 2.29. The summed E-state index contributed by atoms with van der Waals surface area (Å²) in [5, 5.41) is 9.81. The molecule has 2 N–H and O–H groups in total. The number of pyridine rings is 1. The average molecular weight is 192 g/mol. The lowest BCUT2D eigenvalue weighted by atomic mass is 10.3. The van der Waals surface area contributed by atoms with Gasteiger partial charge in [0.05, 0.1) is 11.1 Å². The lowest BCUT2D eigenvalue weighted by molar-refractivity contribution is -0.384. The van der Waals surface area contributed by atoms with Gasteiger partial charge >= 0.3 is 5.69 Å². The third-order valence-corrected chi connectivity index (χ3v) is 1.46. The average Bonchev–Trinajstić information content (AvgIpc) is 1.97. The lowest BCUT2D eigenvalue weighted by Gasteiger charge is -1.98. The molecule has 1 rings (SSSR count). The van der Waals surface area contributed by atoms with E-state index in [9.17, 15) is 14.5 Å². The Morgan fingerprint density at radius 3 is 2.75 bits per heavy atom. The van der Waals surface area contributed by atoms with Crippen LogP contribution >= 0.6 is 11.6 Å². The van der Waals surface area contributed by atoms with E-state index in [0.717, 1.165) is 6.20 Å². The maximum absolute atomic E-state index is 12.6. The Kier molecular flexibility index (Phi) is 2.09. The van der Waals surface area contributed by atoms with Crippen LogP contribution in [0.5, 0.6) is 0 Å². The van der Waals surface area contributed by atoms with Gasteiger partial charge in [-0.3, -0.25) is 10.1 Å². The molecule has 0 aliphatic rings. The molecule has 1 aromatic rings. The van der Waals surface area contributed by atoms with Gasteiger partial charge in [-0.25, -0.2) is 9.37 Å². The van der Waals surface area contributed by atoms with E-state index >= 15 is 0 Å². The van der Waals surface area contributed by atoms with Crippen LogP contribution in [0.4, 0.5) is 15.8 Å². The van der Waals surface area contributed by atoms with Crippen LogP contribution in [0.15, 0.2) is 6.20 Å². The lowest BCUT2D eigenvalue weighted by Crippen LogP contribution is -2.00. The minimum atomic E-state index is -0.953. The minimum Gasteiger partial charge on any atom is -0.391 e. The Bertz CT molecular complexity index is 344. The molecule has 12 heavy (non-hydrogen) atoms. The third-order valence-electron chi connectivity index (χ3n) is 1.18. The Morgan fingerprint density at radius 1 is 1.75 bits per heavy atom. The molecular weight excluding hydrogens is 189 g/mol. The highest BCUT2D eigenvalue weighted by atomic mass is 35.5. The topological polar surface area (TPSA) is 82.0 Å². The van der Waals surface area contributed by atoms with E-state index in [0.29, 0.717) is 0 Å². The van der Waals surface area contributed by atoms with Crippen LogP contribution in [0.2, 0.25) is 5.15 Å². The van der Waals surface area contributed by atoms with E-state index in [1.807, 2.05) is 0 Å². The number of nitro groups is 1. The first-order chi connectivity index (χ1) is 5.54. The normalized spacial score (nSPS) is 9.83. The smallest absolute Gasteiger partial charge is 0.332 e. The molecule has 0 aliphatic heterocycles. The molecule has 0 amide bonds. The second-order valence-electron chi connectivity index (χ2n) is 1.92. The van der Waals surface area contributed by atoms with Crippen molar-refractivity contribution in [2.24, 2.45) is 0 Å². The summed E-state index contributed by atoms with van der Waals surface area (Å²) < 4.78 is 12.6. The largest absolute Gasteiger partial charge is 0.391 e. The summed E-state index contributed by atoms with van der Waals surface area (Å²) in [5.74, 6) is -0.953. The summed E-state index contributed by atoms with van der Waals surface area (Å²) in [4.78, 5) is 12.6. The molecule has 7 heteroatoms. The van der Waals surface area contributed by atoms with E-state index in [1.54, 1.807) is 0 Å². The second kappa shape index (κ2) is 2.90. The van der Waals surface area contributed by atoms with Gasteiger partial charge in [-0.05, 0) is 0 Å². The SMILES string of the molecule is Nc1c(F)cnc(Cl)c1[N+](=O)[O-]. The van der Waals surface area contributed by atoms with Gasteiger partial charge in [-0.15, -0.1) is 0 Å². The van der Waals surface area contributed by atoms with Gasteiger partial charge in [0.1, 0.15) is 0 Å². The van der Waals surface area contributed by atoms with Crippen molar-refractivity contribution in [3.05, 3.63) is 27.3 Å². The van der Waals surface area contributed by atoms with Crippen LogP contribution in [0.3, 0.4) is 0 Å². The molecule has 5 nitrogen and oxygen atoms in total. The van der Waals surface area contributed by atoms with E-state index in [2.05, 4.69) is 4.98 Å². The third kappa shape index (κ3) is 1.28. The predicted molar refractivity (Wildman–Crippen MR) is 40.3 cm³/mol. The Balaban J connectivity index is 3.43. The van der Waals surface area contributed by atoms with Crippen molar-refractivity contribution in [1.82, 2.24) is 4.98 Å². The standard InChI is InChI=1S/C5H3ClFN3O2/c6-5-4(10(11)12)3(8)2(7)1-9-5/h1H,(H2,8,9). The Hall–Kier alpha value is -1.43. The summed E-state index contributed by atoms with van der Waals surface area (Å²) >= 11 is 5.30. The molecule has 0 saturated heterocycles. The van der Waals surface area contributed by atoms with Gasteiger partial charge in [-0.1, -0.05) is 11.6 Å². The first kappa shape index (κ1) is 8.66. The van der Waals surface area contributed by atoms with Crippen molar-refractivity contribution < 1.29 is 9.31 Å². The number of anilines is 1. The molecule has 1 heterocycles. The quantitative estimate of drug-likeness (QED) is 0.413. The number of hydrogen-bond acceptors (Lipinski definition) is 4. The fourth-order valence-electron chi connectivity index (χ4n) is 0.642. The first-order valence-electron chi connectivity index (χ1n) is 2.78. The van der Waals surface area contributed by atoms with Crippen molar-refractivity contribution in [1.29, 1.82) is 0 Å². The molecule has 0 spiro atoms. The van der Waals surface area contributed by atoms with E-state index in [-0.39, 0.29) is 0 Å². The first-order valence-corrected chi connectivity index (χ1v) is 3.15. The van der Waals surface area contributed by atoms with Crippen LogP contribution in [0, 0.1) is 15.9 Å². The Morgan fingerprint density at radius 2 is 2.33 bits per heavy atom. The minimum absolute atomic E-state index is 0.418. The van der Waals surface area contributed by atoms with Crippen LogP contribution in [0.1, 0.15) is 0 Å². The Labute approximate surface area is 71.1 Å². The maximum atomic E-state index is 12.6. The molecule has 0 aliphatic carbocycles. The van der Waals surface area contributed by atoms with Gasteiger partial charge in [0, 0.05) is 0 Å². The van der Waals surface area contributed by atoms with Crippen LogP contribution in [0.25, 0.3) is 0 Å². The molecule has 0 saturated carbocycles. The molecule has 0 radical (unpaired) electrons. The number of rotatable bonds is 1. The van der Waals surface area contributed by atoms with Gasteiger partial charge in [0.25, 0.3) is 0 Å². The molecule has 0 bridgehead atoms. The van der Waals surface area contributed by atoms with Gasteiger partial charge < -0.3 is 5.73 Å². The summed E-state index contributed by atoms with van der Waals surface area (Å²) in [6.45, 7) is 0. The van der Waals surface area contributed by atoms with E-state index in [4.69, 9.17) is 17.3 Å². The summed E-state index contributed by atoms with van der Waals surface area (Å²) in [7, 11) is 0. The van der Waals surface area contributed by atoms with Crippen molar-refractivity contribution in [3.63, 3.8) is 0 Å². The molecule has 1 aromatic heterocycles. The number of aromatic nitrogens is 1.